The zero-order chi connectivity index (χ0) is 16.0. The highest BCUT2D eigenvalue weighted by Gasteiger charge is 2.25. The molecule has 0 aliphatic carbocycles. The lowest BCUT2D eigenvalue weighted by atomic mass is 10.0. The maximum Gasteiger partial charge on any atom is 0.205 e. The summed E-state index contributed by atoms with van der Waals surface area (Å²) in [6.07, 6.45) is 0.762. The molecule has 1 N–H and O–H groups in total. The molecule has 0 fully saturated rings. The molecule has 1 unspecified atom stereocenters. The maximum atomic E-state index is 10.5. The standard InChI is InChI=1S/C18H14BrN3O/c1-11-10-20-17-18(23)21-16(12-5-3-2-4-6-12)14-9-13(19)7-8-15(14)22(11)17/h2-10,18,23H,1H3. The molecule has 5 heteroatoms. The Kier molecular flexibility index (Phi) is 3.39. The van der Waals surface area contributed by atoms with E-state index in [1.165, 1.54) is 0 Å². The van der Waals surface area contributed by atoms with Crippen molar-refractivity contribution in [2.45, 2.75) is 13.2 Å². The molecule has 3 aromatic rings. The lowest BCUT2D eigenvalue weighted by Gasteiger charge is -2.13. The number of aromatic nitrogens is 2. The molecule has 0 saturated carbocycles. The summed E-state index contributed by atoms with van der Waals surface area (Å²) in [6, 6.07) is 15.9. The van der Waals surface area contributed by atoms with Gasteiger partial charge in [0.1, 0.15) is 0 Å². The Morgan fingerprint density at radius 3 is 2.70 bits per heavy atom. The van der Waals surface area contributed by atoms with Gasteiger partial charge >= 0.3 is 0 Å². The molecule has 0 saturated heterocycles. The van der Waals surface area contributed by atoms with Crippen LogP contribution in [0.15, 0.2) is 64.2 Å². The SMILES string of the molecule is Cc1cnc2n1-c1ccc(Br)cc1C(c1ccccc1)=NC2O. The van der Waals surface area contributed by atoms with E-state index in [1.54, 1.807) is 6.20 Å². The predicted molar refractivity (Wildman–Crippen MR) is 93.0 cm³/mol. The first kappa shape index (κ1) is 14.4. The lowest BCUT2D eigenvalue weighted by molar-refractivity contribution is 0.177. The Hall–Kier alpha value is -2.24. The quantitative estimate of drug-likeness (QED) is 0.711. The molecule has 1 aliphatic heterocycles. The van der Waals surface area contributed by atoms with Crippen LogP contribution in [0, 0.1) is 6.92 Å². The molecule has 2 aromatic carbocycles. The molecule has 4 nitrogen and oxygen atoms in total. The van der Waals surface area contributed by atoms with Crippen molar-refractivity contribution >= 4 is 21.6 Å². The smallest absolute Gasteiger partial charge is 0.205 e. The highest BCUT2D eigenvalue weighted by Crippen LogP contribution is 2.31. The molecular weight excluding hydrogens is 354 g/mol. The number of halogens is 1. The van der Waals surface area contributed by atoms with Gasteiger partial charge in [0.15, 0.2) is 5.82 Å². The average Bonchev–Trinajstić information content (AvgIpc) is 2.89. The molecule has 1 atom stereocenters. The molecule has 0 radical (unpaired) electrons. The highest BCUT2D eigenvalue weighted by atomic mass is 79.9. The van der Waals surface area contributed by atoms with E-state index in [1.807, 2.05) is 60.0 Å². The van der Waals surface area contributed by atoms with E-state index in [4.69, 9.17) is 0 Å². The van der Waals surface area contributed by atoms with Gasteiger partial charge in [-0.05, 0) is 25.1 Å². The van der Waals surface area contributed by atoms with Crippen molar-refractivity contribution in [3.05, 3.63) is 81.8 Å². The van der Waals surface area contributed by atoms with E-state index < -0.39 is 6.23 Å². The summed E-state index contributed by atoms with van der Waals surface area (Å²) in [4.78, 5) is 8.89. The first-order valence-electron chi connectivity index (χ1n) is 7.31. The Balaban J connectivity index is 2.06. The molecule has 2 heterocycles. The number of imidazole rings is 1. The van der Waals surface area contributed by atoms with E-state index in [2.05, 4.69) is 25.9 Å². The largest absolute Gasteiger partial charge is 0.365 e. The number of rotatable bonds is 1. The number of nitrogens with zero attached hydrogens (tertiary/aromatic N) is 3. The molecule has 23 heavy (non-hydrogen) atoms. The molecular formula is C18H14BrN3O. The van der Waals surface area contributed by atoms with Crippen LogP contribution in [-0.2, 0) is 0 Å². The number of aliphatic hydroxyl groups excluding tert-OH is 1. The zero-order valence-electron chi connectivity index (χ0n) is 12.4. The minimum absolute atomic E-state index is 0.539. The van der Waals surface area contributed by atoms with Gasteiger partial charge in [-0.25, -0.2) is 9.98 Å². The van der Waals surface area contributed by atoms with E-state index >= 15 is 0 Å². The summed E-state index contributed by atoms with van der Waals surface area (Å²) in [5.74, 6) is 0.539. The van der Waals surface area contributed by atoms with Crippen LogP contribution in [0.4, 0.5) is 0 Å². The van der Waals surface area contributed by atoms with E-state index in [9.17, 15) is 5.11 Å². The summed E-state index contributed by atoms with van der Waals surface area (Å²) in [6.45, 7) is 1.97. The van der Waals surface area contributed by atoms with Crippen LogP contribution in [0.2, 0.25) is 0 Å². The van der Waals surface area contributed by atoms with Crippen LogP contribution < -0.4 is 0 Å². The predicted octanol–water partition coefficient (Wildman–Crippen LogP) is 3.79. The Morgan fingerprint density at radius 2 is 1.91 bits per heavy atom. The third-order valence-corrected chi connectivity index (χ3v) is 4.44. The van der Waals surface area contributed by atoms with Gasteiger partial charge in [-0.3, -0.25) is 4.57 Å². The monoisotopic (exact) mass is 367 g/mol. The minimum atomic E-state index is -0.995. The first-order valence-corrected chi connectivity index (χ1v) is 8.10. The van der Waals surface area contributed by atoms with Gasteiger partial charge in [-0.1, -0.05) is 46.3 Å². The molecule has 4 rings (SSSR count). The van der Waals surface area contributed by atoms with Crippen molar-refractivity contribution in [3.8, 4) is 5.69 Å². The lowest BCUT2D eigenvalue weighted by Crippen LogP contribution is -2.08. The van der Waals surface area contributed by atoms with Crippen molar-refractivity contribution in [3.63, 3.8) is 0 Å². The number of hydrogen-bond acceptors (Lipinski definition) is 3. The summed E-state index contributed by atoms with van der Waals surface area (Å²) in [5.41, 5.74) is 4.63. The van der Waals surface area contributed by atoms with E-state index in [0.29, 0.717) is 5.82 Å². The maximum absolute atomic E-state index is 10.5. The van der Waals surface area contributed by atoms with Crippen LogP contribution in [0.3, 0.4) is 0 Å². The topological polar surface area (TPSA) is 50.4 Å². The van der Waals surface area contributed by atoms with Crippen LogP contribution >= 0.6 is 15.9 Å². The van der Waals surface area contributed by atoms with Crippen molar-refractivity contribution in [1.82, 2.24) is 9.55 Å². The van der Waals surface area contributed by atoms with Gasteiger partial charge < -0.3 is 5.11 Å². The number of aryl methyl sites for hydroxylation is 1. The number of aliphatic hydroxyl groups is 1. The summed E-state index contributed by atoms with van der Waals surface area (Å²) in [5, 5.41) is 10.5. The molecule has 0 amide bonds. The van der Waals surface area contributed by atoms with Gasteiger partial charge in [-0.2, -0.15) is 0 Å². The van der Waals surface area contributed by atoms with Gasteiger partial charge in [0, 0.05) is 27.5 Å². The fraction of sp³-hybridized carbons (Fsp3) is 0.111. The molecule has 1 aliphatic rings. The van der Waals surface area contributed by atoms with Crippen molar-refractivity contribution in [2.75, 3.05) is 0 Å². The number of fused-ring (bicyclic) bond motifs is 3. The van der Waals surface area contributed by atoms with E-state index in [0.717, 1.165) is 32.7 Å². The van der Waals surface area contributed by atoms with Gasteiger partial charge in [-0.15, -0.1) is 0 Å². The number of hydrogen-bond donors (Lipinski definition) is 1. The van der Waals surface area contributed by atoms with Crippen LogP contribution in [0.1, 0.15) is 28.9 Å². The van der Waals surface area contributed by atoms with Gasteiger partial charge in [0.2, 0.25) is 6.23 Å². The molecule has 1 aromatic heterocycles. The van der Waals surface area contributed by atoms with Crippen LogP contribution in [-0.4, -0.2) is 20.4 Å². The second-order valence-corrected chi connectivity index (χ2v) is 6.39. The summed E-state index contributed by atoms with van der Waals surface area (Å²) < 4.78 is 2.93. The summed E-state index contributed by atoms with van der Waals surface area (Å²) >= 11 is 3.54. The molecule has 114 valence electrons. The van der Waals surface area contributed by atoms with Crippen molar-refractivity contribution in [1.29, 1.82) is 0 Å². The number of aliphatic imine (C=N–C) groups is 1. The molecule has 0 spiro atoms. The fourth-order valence-electron chi connectivity index (χ4n) is 2.92. The Labute approximate surface area is 142 Å². The Morgan fingerprint density at radius 1 is 1.13 bits per heavy atom. The summed E-state index contributed by atoms with van der Waals surface area (Å²) in [7, 11) is 0. The zero-order valence-corrected chi connectivity index (χ0v) is 14.0. The van der Waals surface area contributed by atoms with Crippen LogP contribution in [0.25, 0.3) is 5.69 Å². The second-order valence-electron chi connectivity index (χ2n) is 5.47. The third-order valence-electron chi connectivity index (χ3n) is 3.95. The third kappa shape index (κ3) is 2.33. The highest BCUT2D eigenvalue weighted by molar-refractivity contribution is 9.10. The minimum Gasteiger partial charge on any atom is -0.365 e. The van der Waals surface area contributed by atoms with E-state index in [-0.39, 0.29) is 0 Å². The van der Waals surface area contributed by atoms with Gasteiger partial charge in [0.05, 0.1) is 11.4 Å². The first-order chi connectivity index (χ1) is 11.1. The Bertz CT molecular complexity index is 915. The number of benzene rings is 2. The molecule has 0 bridgehead atoms. The average molecular weight is 368 g/mol. The normalized spacial score (nSPS) is 16.3. The van der Waals surface area contributed by atoms with Crippen LogP contribution in [0.5, 0.6) is 0 Å². The second kappa shape index (κ2) is 5.44. The van der Waals surface area contributed by atoms with Crippen molar-refractivity contribution in [2.24, 2.45) is 4.99 Å². The fourth-order valence-corrected chi connectivity index (χ4v) is 3.28. The van der Waals surface area contributed by atoms with Gasteiger partial charge in [0.25, 0.3) is 0 Å². The van der Waals surface area contributed by atoms with Crippen molar-refractivity contribution < 1.29 is 5.11 Å².